The summed E-state index contributed by atoms with van der Waals surface area (Å²) in [4.78, 5) is 4.40. The highest BCUT2D eigenvalue weighted by atomic mass is 35.5. The molecule has 0 aliphatic heterocycles. The standard InChI is InChI=1S/C17H20ClN3O2/c1-2-3-4-7-23-17-10-16(13(19)9-14(17)20)21-15-6-5-11(22)8-12(15)18/h5-6,8-10,20,22H,2-4,7,19H2,1H3/b20-14?,21-16-. The Hall–Kier alpha value is -2.27. The number of rotatable bonds is 6. The third-order valence-electron chi connectivity index (χ3n) is 3.31. The number of unbranched alkanes of at least 4 members (excludes halogenated alkanes) is 2. The molecule has 0 spiro atoms. The average molecular weight is 334 g/mol. The summed E-state index contributed by atoms with van der Waals surface area (Å²) in [5, 5.41) is 17.6. The molecule has 0 heterocycles. The smallest absolute Gasteiger partial charge is 0.146 e. The van der Waals surface area contributed by atoms with Crippen molar-refractivity contribution in [2.75, 3.05) is 6.61 Å². The van der Waals surface area contributed by atoms with Gasteiger partial charge in [-0.25, -0.2) is 4.99 Å². The Labute approximate surface area is 140 Å². The van der Waals surface area contributed by atoms with Gasteiger partial charge in [-0.05, 0) is 24.6 Å². The lowest BCUT2D eigenvalue weighted by Gasteiger charge is -2.15. The van der Waals surface area contributed by atoms with E-state index in [0.717, 1.165) is 19.3 Å². The predicted molar refractivity (Wildman–Crippen MR) is 93.8 cm³/mol. The van der Waals surface area contributed by atoms with Gasteiger partial charge in [-0.2, -0.15) is 0 Å². The second-order valence-electron chi connectivity index (χ2n) is 5.21. The van der Waals surface area contributed by atoms with E-state index in [2.05, 4.69) is 11.9 Å². The highest BCUT2D eigenvalue weighted by Gasteiger charge is 2.16. The van der Waals surface area contributed by atoms with E-state index in [1.807, 2.05) is 0 Å². The van der Waals surface area contributed by atoms with Gasteiger partial charge in [-0.1, -0.05) is 31.4 Å². The molecule has 0 aromatic heterocycles. The Balaban J connectivity index is 2.21. The second-order valence-corrected chi connectivity index (χ2v) is 5.62. The molecule has 0 saturated carbocycles. The lowest BCUT2D eigenvalue weighted by Crippen LogP contribution is -2.19. The van der Waals surface area contributed by atoms with Crippen LogP contribution in [0.25, 0.3) is 0 Å². The van der Waals surface area contributed by atoms with Crippen molar-refractivity contribution >= 4 is 28.7 Å². The third-order valence-corrected chi connectivity index (χ3v) is 3.61. The molecule has 0 atom stereocenters. The fourth-order valence-electron chi connectivity index (χ4n) is 2.05. The fourth-order valence-corrected chi connectivity index (χ4v) is 2.27. The molecule has 0 radical (unpaired) electrons. The topological polar surface area (TPSA) is 91.7 Å². The van der Waals surface area contributed by atoms with Crippen LogP contribution in [0.1, 0.15) is 26.2 Å². The molecule has 2 rings (SSSR count). The fraction of sp³-hybridized carbons (Fsp3) is 0.294. The molecule has 0 fully saturated rings. The first kappa shape index (κ1) is 17.1. The molecule has 6 heteroatoms. The van der Waals surface area contributed by atoms with Crippen LogP contribution < -0.4 is 5.73 Å². The molecule has 23 heavy (non-hydrogen) atoms. The number of benzene rings is 1. The predicted octanol–water partition coefficient (Wildman–Crippen LogP) is 4.08. The first-order valence-corrected chi connectivity index (χ1v) is 7.87. The number of aromatic hydroxyl groups is 1. The van der Waals surface area contributed by atoms with E-state index in [9.17, 15) is 5.11 Å². The maximum atomic E-state index is 9.38. The number of ether oxygens (including phenoxy) is 1. The van der Waals surface area contributed by atoms with Crippen molar-refractivity contribution in [1.29, 1.82) is 5.41 Å². The van der Waals surface area contributed by atoms with Gasteiger partial charge in [0.25, 0.3) is 0 Å². The maximum Gasteiger partial charge on any atom is 0.146 e. The highest BCUT2D eigenvalue weighted by Crippen LogP contribution is 2.29. The van der Waals surface area contributed by atoms with Crippen LogP contribution in [-0.2, 0) is 4.74 Å². The van der Waals surface area contributed by atoms with Gasteiger partial charge in [0.2, 0.25) is 0 Å². The van der Waals surface area contributed by atoms with Crippen LogP contribution in [0.2, 0.25) is 5.02 Å². The van der Waals surface area contributed by atoms with Gasteiger partial charge in [0.05, 0.1) is 34.4 Å². The molecule has 1 aliphatic rings. The van der Waals surface area contributed by atoms with Crippen LogP contribution in [0, 0.1) is 5.41 Å². The zero-order valence-corrected chi connectivity index (χ0v) is 13.7. The van der Waals surface area contributed by atoms with E-state index in [1.165, 1.54) is 18.2 Å². The third kappa shape index (κ3) is 4.60. The summed E-state index contributed by atoms with van der Waals surface area (Å²) in [6.45, 7) is 2.68. The Morgan fingerprint density at radius 3 is 2.78 bits per heavy atom. The molecule has 0 unspecified atom stereocenters. The van der Waals surface area contributed by atoms with E-state index >= 15 is 0 Å². The minimum Gasteiger partial charge on any atom is -0.508 e. The van der Waals surface area contributed by atoms with E-state index in [4.69, 9.17) is 27.5 Å². The number of allylic oxidation sites excluding steroid dienone is 2. The number of phenols is 1. The Bertz CT molecular complexity index is 693. The van der Waals surface area contributed by atoms with E-state index in [-0.39, 0.29) is 11.5 Å². The minimum atomic E-state index is 0.0726. The number of nitrogens with zero attached hydrogens (tertiary/aromatic N) is 1. The van der Waals surface area contributed by atoms with Crippen molar-refractivity contribution in [3.63, 3.8) is 0 Å². The molecule has 1 aromatic carbocycles. The van der Waals surface area contributed by atoms with Crippen LogP contribution in [0.15, 0.2) is 46.8 Å². The molecular formula is C17H20ClN3O2. The van der Waals surface area contributed by atoms with E-state index in [1.54, 1.807) is 12.1 Å². The molecule has 0 saturated heterocycles. The van der Waals surface area contributed by atoms with Crippen LogP contribution in [0.4, 0.5) is 5.69 Å². The summed E-state index contributed by atoms with van der Waals surface area (Å²) in [5.41, 5.74) is 7.52. The molecule has 4 N–H and O–H groups in total. The Morgan fingerprint density at radius 2 is 2.09 bits per heavy atom. The van der Waals surface area contributed by atoms with Crippen molar-refractivity contribution in [2.24, 2.45) is 10.7 Å². The van der Waals surface area contributed by atoms with Crippen molar-refractivity contribution in [3.8, 4) is 5.75 Å². The van der Waals surface area contributed by atoms with Crippen LogP contribution in [-0.4, -0.2) is 23.1 Å². The zero-order chi connectivity index (χ0) is 16.8. The van der Waals surface area contributed by atoms with Gasteiger partial charge in [-0.15, -0.1) is 0 Å². The Morgan fingerprint density at radius 1 is 1.30 bits per heavy atom. The number of hydrogen-bond donors (Lipinski definition) is 3. The van der Waals surface area contributed by atoms with Gasteiger partial charge in [0.1, 0.15) is 11.5 Å². The van der Waals surface area contributed by atoms with Crippen molar-refractivity contribution < 1.29 is 9.84 Å². The number of aliphatic imine (C=N–C) groups is 1. The molecule has 1 aromatic rings. The van der Waals surface area contributed by atoms with Crippen LogP contribution in [0.5, 0.6) is 5.75 Å². The molecule has 5 nitrogen and oxygen atoms in total. The first-order chi connectivity index (χ1) is 11.0. The summed E-state index contributed by atoms with van der Waals surface area (Å²) in [6.07, 6.45) is 6.30. The van der Waals surface area contributed by atoms with Crippen molar-refractivity contribution in [1.82, 2.24) is 0 Å². The molecular weight excluding hydrogens is 314 g/mol. The summed E-state index contributed by atoms with van der Waals surface area (Å²) in [7, 11) is 0. The van der Waals surface area contributed by atoms with Crippen molar-refractivity contribution in [2.45, 2.75) is 26.2 Å². The number of hydrogen-bond acceptors (Lipinski definition) is 5. The number of phenolic OH excluding ortho intramolecular Hbond substituents is 1. The van der Waals surface area contributed by atoms with E-state index in [0.29, 0.717) is 34.5 Å². The van der Waals surface area contributed by atoms with Crippen LogP contribution in [0.3, 0.4) is 0 Å². The number of nitrogens with two attached hydrogens (primary N) is 1. The van der Waals surface area contributed by atoms with Gasteiger partial charge in [-0.3, -0.25) is 5.41 Å². The first-order valence-electron chi connectivity index (χ1n) is 7.49. The second kappa shape index (κ2) is 7.83. The number of nitrogens with one attached hydrogen (secondary N) is 1. The lowest BCUT2D eigenvalue weighted by atomic mass is 10.1. The molecule has 122 valence electrons. The lowest BCUT2D eigenvalue weighted by molar-refractivity contribution is 0.224. The summed E-state index contributed by atoms with van der Waals surface area (Å²) < 4.78 is 5.65. The van der Waals surface area contributed by atoms with Gasteiger partial charge >= 0.3 is 0 Å². The Kier molecular flexibility index (Phi) is 5.82. The van der Waals surface area contributed by atoms with E-state index < -0.39 is 0 Å². The largest absolute Gasteiger partial charge is 0.508 e. The van der Waals surface area contributed by atoms with Gasteiger partial charge < -0.3 is 15.6 Å². The minimum absolute atomic E-state index is 0.0726. The normalized spacial score (nSPS) is 16.3. The SMILES string of the molecule is CCCCCOC1=C/C(=N/c2ccc(O)cc2Cl)C(N)=CC1=N. The highest BCUT2D eigenvalue weighted by molar-refractivity contribution is 6.33. The monoisotopic (exact) mass is 333 g/mol. The molecule has 0 amide bonds. The summed E-state index contributed by atoms with van der Waals surface area (Å²) in [5.74, 6) is 0.521. The quantitative estimate of drug-likeness (QED) is 0.541. The summed E-state index contributed by atoms with van der Waals surface area (Å²) >= 11 is 6.06. The molecule has 0 bridgehead atoms. The summed E-state index contributed by atoms with van der Waals surface area (Å²) in [6, 6.07) is 4.52. The molecule has 1 aliphatic carbocycles. The maximum absolute atomic E-state index is 9.38. The van der Waals surface area contributed by atoms with Crippen LogP contribution >= 0.6 is 11.6 Å². The van der Waals surface area contributed by atoms with Gasteiger partial charge in [0, 0.05) is 12.1 Å². The van der Waals surface area contributed by atoms with Gasteiger partial charge in [0.15, 0.2) is 0 Å². The zero-order valence-electron chi connectivity index (χ0n) is 13.0. The van der Waals surface area contributed by atoms with Crippen molar-refractivity contribution in [3.05, 3.63) is 46.8 Å². The average Bonchev–Trinajstić information content (AvgIpc) is 2.50. The number of halogens is 1.